The second-order valence-corrected chi connectivity index (χ2v) is 4.72. The van der Waals surface area contributed by atoms with Gasteiger partial charge in [0.25, 0.3) is 17.7 Å². The maximum Gasteiger partial charge on any atom is 0.323 e. The number of hydrogen-bond acceptors (Lipinski definition) is 4. The van der Waals surface area contributed by atoms with Gasteiger partial charge in [-0.1, -0.05) is 12.1 Å². The van der Waals surface area contributed by atoms with Gasteiger partial charge in [-0.15, -0.1) is 0 Å². The van der Waals surface area contributed by atoms with Crippen molar-refractivity contribution in [3.8, 4) is 0 Å². The van der Waals surface area contributed by atoms with E-state index in [9.17, 15) is 19.2 Å². The molecule has 1 fully saturated rings. The summed E-state index contributed by atoms with van der Waals surface area (Å²) >= 11 is 0. The van der Waals surface area contributed by atoms with Gasteiger partial charge < -0.3 is 4.90 Å². The molecule has 0 aliphatic carbocycles. The van der Waals surface area contributed by atoms with E-state index in [0.29, 0.717) is 0 Å². The molecule has 0 aromatic heterocycles. The van der Waals surface area contributed by atoms with E-state index >= 15 is 0 Å². The van der Waals surface area contributed by atoms with Gasteiger partial charge in [0, 0.05) is 7.05 Å². The number of hydrogen-bond donors (Lipinski definition) is 1. The molecule has 1 saturated heterocycles. The van der Waals surface area contributed by atoms with Crippen molar-refractivity contribution in [3.05, 3.63) is 35.4 Å². The molecule has 3 rings (SSSR count). The number of nitrogens with one attached hydrogen (secondary N) is 1. The maximum atomic E-state index is 12.3. The molecule has 5 amide bonds. The number of imide groups is 2. The van der Waals surface area contributed by atoms with Crippen LogP contribution in [0, 0.1) is 0 Å². The van der Waals surface area contributed by atoms with Crippen LogP contribution in [-0.4, -0.2) is 53.2 Å². The van der Waals surface area contributed by atoms with Crippen LogP contribution >= 0.6 is 0 Å². The van der Waals surface area contributed by atoms with Gasteiger partial charge in [0.2, 0.25) is 0 Å². The number of likely N-dealkylation sites (N-methyl/N-ethyl adjacent to an activating group) is 1. The summed E-state index contributed by atoms with van der Waals surface area (Å²) in [5.74, 6) is -1.65. The van der Waals surface area contributed by atoms with Crippen molar-refractivity contribution in [1.29, 1.82) is 0 Å². The molecule has 1 aromatic rings. The second kappa shape index (κ2) is 4.16. The Morgan fingerprint density at radius 1 is 1.05 bits per heavy atom. The van der Waals surface area contributed by atoms with Crippen LogP contribution in [0.2, 0.25) is 0 Å². The highest BCUT2D eigenvalue weighted by Crippen LogP contribution is 2.25. The number of carbonyl (C=O) groups excluding carboxylic acids is 4. The molecule has 1 aromatic carbocycles. The fourth-order valence-electron chi connectivity index (χ4n) is 2.40. The smallest absolute Gasteiger partial charge is 0.323 e. The third-order valence-corrected chi connectivity index (χ3v) is 3.46. The lowest BCUT2D eigenvalue weighted by Crippen LogP contribution is -2.62. The molecule has 1 atom stereocenters. The number of rotatable bonds is 1. The molecule has 2 aliphatic heterocycles. The van der Waals surface area contributed by atoms with E-state index in [1.807, 2.05) is 0 Å². The number of amides is 5. The van der Waals surface area contributed by atoms with Crippen molar-refractivity contribution in [1.82, 2.24) is 15.1 Å². The summed E-state index contributed by atoms with van der Waals surface area (Å²) in [4.78, 5) is 49.9. The van der Waals surface area contributed by atoms with E-state index in [1.165, 1.54) is 11.9 Å². The van der Waals surface area contributed by atoms with E-state index in [0.717, 1.165) is 4.90 Å². The zero-order valence-electron chi connectivity index (χ0n) is 10.6. The summed E-state index contributed by atoms with van der Waals surface area (Å²) in [6.45, 7) is -0.00383. The molecule has 2 heterocycles. The van der Waals surface area contributed by atoms with Crippen LogP contribution in [0.15, 0.2) is 24.3 Å². The van der Waals surface area contributed by atoms with Gasteiger partial charge in [-0.3, -0.25) is 24.6 Å². The monoisotopic (exact) mass is 273 g/mol. The zero-order chi connectivity index (χ0) is 14.4. The van der Waals surface area contributed by atoms with Crippen LogP contribution in [0.1, 0.15) is 20.7 Å². The molecule has 20 heavy (non-hydrogen) atoms. The lowest BCUT2D eigenvalue weighted by Gasteiger charge is -2.33. The second-order valence-electron chi connectivity index (χ2n) is 4.72. The molecule has 1 N–H and O–H groups in total. The number of benzene rings is 1. The Hall–Kier alpha value is -2.70. The minimum atomic E-state index is -0.995. The highest BCUT2D eigenvalue weighted by atomic mass is 16.2. The molecular weight excluding hydrogens is 262 g/mol. The van der Waals surface area contributed by atoms with Crippen molar-refractivity contribution in [2.75, 3.05) is 13.6 Å². The zero-order valence-corrected chi connectivity index (χ0v) is 10.6. The van der Waals surface area contributed by atoms with Crippen LogP contribution in [0.25, 0.3) is 0 Å². The SMILES string of the molecule is CN1CC(N2C(=O)c3ccccc3C2=O)C(=O)NC1=O. The Kier molecular flexibility index (Phi) is 2.56. The predicted molar refractivity (Wildman–Crippen MR) is 66.9 cm³/mol. The average Bonchev–Trinajstić information content (AvgIpc) is 2.68. The summed E-state index contributed by atoms with van der Waals surface area (Å²) < 4.78 is 0. The Morgan fingerprint density at radius 3 is 2.15 bits per heavy atom. The Bertz CT molecular complexity index is 620. The molecule has 1 unspecified atom stereocenters. The Balaban J connectivity index is 1.97. The van der Waals surface area contributed by atoms with Gasteiger partial charge in [-0.25, -0.2) is 4.79 Å². The minimum absolute atomic E-state index is 0.00383. The largest absolute Gasteiger partial charge is 0.325 e. The Labute approximate surface area is 114 Å². The van der Waals surface area contributed by atoms with Crippen molar-refractivity contribution in [2.45, 2.75) is 6.04 Å². The van der Waals surface area contributed by atoms with Gasteiger partial charge >= 0.3 is 6.03 Å². The lowest BCUT2D eigenvalue weighted by atomic mass is 10.1. The average molecular weight is 273 g/mol. The van der Waals surface area contributed by atoms with Crippen LogP contribution in [-0.2, 0) is 4.79 Å². The molecule has 102 valence electrons. The molecule has 2 aliphatic rings. The molecule has 0 spiro atoms. The molecule has 0 bridgehead atoms. The first-order valence-electron chi connectivity index (χ1n) is 6.03. The number of nitrogens with zero attached hydrogens (tertiary/aromatic N) is 2. The maximum absolute atomic E-state index is 12.3. The summed E-state index contributed by atoms with van der Waals surface area (Å²) in [6.07, 6.45) is 0. The van der Waals surface area contributed by atoms with Gasteiger partial charge in [0.05, 0.1) is 17.7 Å². The molecule has 0 radical (unpaired) electrons. The number of fused-ring (bicyclic) bond motifs is 1. The third-order valence-electron chi connectivity index (χ3n) is 3.46. The number of carbonyl (C=O) groups is 4. The summed E-state index contributed by atoms with van der Waals surface area (Å²) in [6, 6.07) is 4.87. The molecule has 0 saturated carbocycles. The highest BCUT2D eigenvalue weighted by Gasteiger charge is 2.45. The van der Waals surface area contributed by atoms with Crippen LogP contribution in [0.3, 0.4) is 0 Å². The minimum Gasteiger partial charge on any atom is -0.325 e. The van der Waals surface area contributed by atoms with Gasteiger partial charge in [-0.05, 0) is 12.1 Å². The number of urea groups is 1. The molecule has 7 heteroatoms. The molecule has 7 nitrogen and oxygen atoms in total. The third kappa shape index (κ3) is 1.59. The fourth-order valence-corrected chi connectivity index (χ4v) is 2.40. The van der Waals surface area contributed by atoms with Gasteiger partial charge in [0.1, 0.15) is 6.04 Å². The van der Waals surface area contributed by atoms with E-state index in [1.54, 1.807) is 24.3 Å². The van der Waals surface area contributed by atoms with Crippen molar-refractivity contribution in [2.24, 2.45) is 0 Å². The normalized spacial score (nSPS) is 22.1. The van der Waals surface area contributed by atoms with Crippen LogP contribution < -0.4 is 5.32 Å². The van der Waals surface area contributed by atoms with E-state index in [4.69, 9.17) is 0 Å². The topological polar surface area (TPSA) is 86.8 Å². The highest BCUT2D eigenvalue weighted by molar-refractivity contribution is 6.23. The van der Waals surface area contributed by atoms with Crippen molar-refractivity contribution < 1.29 is 19.2 Å². The predicted octanol–water partition coefficient (Wildman–Crippen LogP) is -0.167. The summed E-state index contributed by atoms with van der Waals surface area (Å²) in [5, 5.41) is 2.13. The van der Waals surface area contributed by atoms with Crippen LogP contribution in [0.5, 0.6) is 0 Å². The summed E-state index contributed by atoms with van der Waals surface area (Å²) in [7, 11) is 1.49. The fraction of sp³-hybridized carbons (Fsp3) is 0.231. The van der Waals surface area contributed by atoms with E-state index in [-0.39, 0.29) is 17.7 Å². The van der Waals surface area contributed by atoms with E-state index < -0.39 is 29.8 Å². The quantitative estimate of drug-likeness (QED) is 0.720. The van der Waals surface area contributed by atoms with E-state index in [2.05, 4.69) is 5.32 Å². The van der Waals surface area contributed by atoms with Gasteiger partial charge in [0.15, 0.2) is 0 Å². The summed E-state index contributed by atoms with van der Waals surface area (Å²) in [5.41, 5.74) is 0.565. The first-order valence-corrected chi connectivity index (χ1v) is 6.03. The van der Waals surface area contributed by atoms with Crippen molar-refractivity contribution in [3.63, 3.8) is 0 Å². The van der Waals surface area contributed by atoms with Crippen LogP contribution in [0.4, 0.5) is 4.79 Å². The first-order chi connectivity index (χ1) is 9.50. The lowest BCUT2D eigenvalue weighted by molar-refractivity contribution is -0.125. The Morgan fingerprint density at radius 2 is 1.60 bits per heavy atom. The van der Waals surface area contributed by atoms with Gasteiger partial charge in [-0.2, -0.15) is 0 Å². The first kappa shape index (κ1) is 12.3. The van der Waals surface area contributed by atoms with Crippen molar-refractivity contribution >= 4 is 23.8 Å². The molecular formula is C13H11N3O4. The standard InChI is InChI=1S/C13H11N3O4/c1-15-6-9(10(17)14-13(15)20)16-11(18)7-4-2-3-5-8(7)12(16)19/h2-5,9H,6H2,1H3,(H,14,17,20).